The standard InChI is InChI=1S/C12H17NO/c1-10(11-5-3-2-4-6-11)12-9-14-8-7-13-12/h2-6,10,12-13H,7-9H2,1H3. The van der Waals surface area contributed by atoms with Gasteiger partial charge in [0.2, 0.25) is 0 Å². The molecule has 76 valence electrons. The fourth-order valence-electron chi connectivity index (χ4n) is 1.90. The molecule has 1 aromatic rings. The smallest absolute Gasteiger partial charge is 0.0626 e. The third-order valence-corrected chi connectivity index (χ3v) is 2.88. The average molecular weight is 191 g/mol. The molecule has 2 nitrogen and oxygen atoms in total. The first-order chi connectivity index (χ1) is 6.88. The molecule has 1 aliphatic heterocycles. The molecule has 1 aromatic carbocycles. The number of hydrogen-bond acceptors (Lipinski definition) is 2. The molecular formula is C12H17NO. The first-order valence-corrected chi connectivity index (χ1v) is 5.24. The van der Waals surface area contributed by atoms with E-state index in [0.717, 1.165) is 19.8 Å². The van der Waals surface area contributed by atoms with E-state index in [1.807, 2.05) is 0 Å². The van der Waals surface area contributed by atoms with Crippen LogP contribution in [0.25, 0.3) is 0 Å². The molecular weight excluding hydrogens is 174 g/mol. The summed E-state index contributed by atoms with van der Waals surface area (Å²) in [6.45, 7) is 4.90. The number of rotatable bonds is 2. The third-order valence-electron chi connectivity index (χ3n) is 2.88. The van der Waals surface area contributed by atoms with Gasteiger partial charge in [-0.3, -0.25) is 0 Å². The van der Waals surface area contributed by atoms with E-state index < -0.39 is 0 Å². The number of morpholine rings is 1. The Hall–Kier alpha value is -0.860. The Labute approximate surface area is 85.3 Å². The molecule has 14 heavy (non-hydrogen) atoms. The lowest BCUT2D eigenvalue weighted by Gasteiger charge is -2.29. The van der Waals surface area contributed by atoms with Crippen molar-refractivity contribution in [2.24, 2.45) is 0 Å². The Morgan fingerprint density at radius 2 is 2.14 bits per heavy atom. The Balaban J connectivity index is 2.03. The monoisotopic (exact) mass is 191 g/mol. The third kappa shape index (κ3) is 2.14. The second kappa shape index (κ2) is 4.58. The van der Waals surface area contributed by atoms with E-state index in [-0.39, 0.29) is 0 Å². The van der Waals surface area contributed by atoms with Gasteiger partial charge >= 0.3 is 0 Å². The molecule has 1 saturated heterocycles. The van der Waals surface area contributed by atoms with Gasteiger partial charge in [-0.2, -0.15) is 0 Å². The van der Waals surface area contributed by atoms with Crippen LogP contribution in [0.4, 0.5) is 0 Å². The Bertz CT molecular complexity index is 267. The Morgan fingerprint density at radius 1 is 1.36 bits per heavy atom. The summed E-state index contributed by atoms with van der Waals surface area (Å²) in [7, 11) is 0. The second-order valence-corrected chi connectivity index (χ2v) is 3.83. The van der Waals surface area contributed by atoms with Crippen LogP contribution in [-0.2, 0) is 4.74 Å². The number of ether oxygens (including phenoxy) is 1. The minimum Gasteiger partial charge on any atom is -0.378 e. The molecule has 0 saturated carbocycles. The van der Waals surface area contributed by atoms with Crippen LogP contribution in [-0.4, -0.2) is 25.8 Å². The van der Waals surface area contributed by atoms with Gasteiger partial charge in [-0.25, -0.2) is 0 Å². The highest BCUT2D eigenvalue weighted by Gasteiger charge is 2.20. The van der Waals surface area contributed by atoms with E-state index in [1.54, 1.807) is 0 Å². The molecule has 0 aliphatic carbocycles. The highest BCUT2D eigenvalue weighted by atomic mass is 16.5. The molecule has 0 radical (unpaired) electrons. The molecule has 0 amide bonds. The van der Waals surface area contributed by atoms with Crippen molar-refractivity contribution in [2.45, 2.75) is 18.9 Å². The van der Waals surface area contributed by atoms with Gasteiger partial charge < -0.3 is 10.1 Å². The normalized spacial score (nSPS) is 24.5. The van der Waals surface area contributed by atoms with Crippen molar-refractivity contribution in [2.75, 3.05) is 19.8 Å². The van der Waals surface area contributed by atoms with Crippen LogP contribution in [0.2, 0.25) is 0 Å². The topological polar surface area (TPSA) is 21.3 Å². The zero-order valence-corrected chi connectivity index (χ0v) is 8.57. The fourth-order valence-corrected chi connectivity index (χ4v) is 1.90. The molecule has 2 rings (SSSR count). The highest BCUT2D eigenvalue weighted by Crippen LogP contribution is 2.19. The van der Waals surface area contributed by atoms with Crippen molar-refractivity contribution in [3.8, 4) is 0 Å². The SMILES string of the molecule is CC(c1ccccc1)C1COCCN1. The molecule has 2 atom stereocenters. The minimum absolute atomic E-state index is 0.464. The predicted octanol–water partition coefficient (Wildman–Crippen LogP) is 1.78. The maximum Gasteiger partial charge on any atom is 0.0626 e. The van der Waals surface area contributed by atoms with Gasteiger partial charge in [0.25, 0.3) is 0 Å². The Morgan fingerprint density at radius 3 is 2.79 bits per heavy atom. The highest BCUT2D eigenvalue weighted by molar-refractivity contribution is 5.20. The van der Waals surface area contributed by atoms with Crippen LogP contribution in [0.5, 0.6) is 0 Å². The molecule has 1 N–H and O–H groups in total. The van der Waals surface area contributed by atoms with Crippen LogP contribution < -0.4 is 5.32 Å². The first kappa shape index (κ1) is 9.69. The van der Waals surface area contributed by atoms with Crippen LogP contribution in [0, 0.1) is 0 Å². The van der Waals surface area contributed by atoms with Crippen molar-refractivity contribution in [1.29, 1.82) is 0 Å². The van der Waals surface area contributed by atoms with Crippen molar-refractivity contribution < 1.29 is 4.74 Å². The summed E-state index contributed by atoms with van der Waals surface area (Å²) < 4.78 is 5.46. The van der Waals surface area contributed by atoms with Gasteiger partial charge in [0.1, 0.15) is 0 Å². The summed E-state index contributed by atoms with van der Waals surface area (Å²) in [5, 5.41) is 3.49. The lowest BCUT2D eigenvalue weighted by Crippen LogP contribution is -2.44. The van der Waals surface area contributed by atoms with E-state index in [1.165, 1.54) is 5.56 Å². The summed E-state index contributed by atoms with van der Waals surface area (Å²) in [6.07, 6.45) is 0. The lowest BCUT2D eigenvalue weighted by atomic mass is 9.93. The molecule has 1 heterocycles. The number of nitrogens with one attached hydrogen (secondary N) is 1. The van der Waals surface area contributed by atoms with E-state index in [0.29, 0.717) is 12.0 Å². The molecule has 1 fully saturated rings. The number of benzene rings is 1. The van der Waals surface area contributed by atoms with Gasteiger partial charge in [0.05, 0.1) is 13.2 Å². The molecule has 2 heteroatoms. The van der Waals surface area contributed by atoms with Crippen LogP contribution in [0.15, 0.2) is 30.3 Å². The zero-order chi connectivity index (χ0) is 9.80. The summed E-state index contributed by atoms with van der Waals surface area (Å²) in [5.74, 6) is 0.525. The van der Waals surface area contributed by atoms with Gasteiger partial charge in [-0.15, -0.1) is 0 Å². The van der Waals surface area contributed by atoms with E-state index in [9.17, 15) is 0 Å². The zero-order valence-electron chi connectivity index (χ0n) is 8.57. The molecule has 0 spiro atoms. The molecule has 0 aromatic heterocycles. The van der Waals surface area contributed by atoms with E-state index in [2.05, 4.69) is 42.6 Å². The van der Waals surface area contributed by atoms with Crippen LogP contribution in [0.1, 0.15) is 18.4 Å². The van der Waals surface area contributed by atoms with Crippen molar-refractivity contribution in [1.82, 2.24) is 5.32 Å². The van der Waals surface area contributed by atoms with E-state index in [4.69, 9.17) is 4.74 Å². The van der Waals surface area contributed by atoms with E-state index >= 15 is 0 Å². The van der Waals surface area contributed by atoms with Gasteiger partial charge in [-0.05, 0) is 11.5 Å². The minimum atomic E-state index is 0.464. The van der Waals surface area contributed by atoms with Crippen molar-refractivity contribution in [3.63, 3.8) is 0 Å². The van der Waals surface area contributed by atoms with Crippen LogP contribution in [0.3, 0.4) is 0 Å². The second-order valence-electron chi connectivity index (χ2n) is 3.83. The first-order valence-electron chi connectivity index (χ1n) is 5.24. The summed E-state index contributed by atoms with van der Waals surface area (Å²) >= 11 is 0. The maximum absolute atomic E-state index is 5.46. The largest absolute Gasteiger partial charge is 0.378 e. The Kier molecular flexibility index (Phi) is 3.17. The summed E-state index contributed by atoms with van der Waals surface area (Å²) in [5.41, 5.74) is 1.38. The molecule has 1 aliphatic rings. The maximum atomic E-state index is 5.46. The van der Waals surface area contributed by atoms with Gasteiger partial charge in [-0.1, -0.05) is 37.3 Å². The van der Waals surface area contributed by atoms with Crippen LogP contribution >= 0.6 is 0 Å². The molecule has 2 unspecified atom stereocenters. The fraction of sp³-hybridized carbons (Fsp3) is 0.500. The summed E-state index contributed by atoms with van der Waals surface area (Å²) in [6, 6.07) is 11.1. The van der Waals surface area contributed by atoms with Crippen molar-refractivity contribution in [3.05, 3.63) is 35.9 Å². The average Bonchev–Trinajstić information content (AvgIpc) is 2.30. The van der Waals surface area contributed by atoms with Gasteiger partial charge in [0, 0.05) is 12.6 Å². The lowest BCUT2D eigenvalue weighted by molar-refractivity contribution is 0.0698. The predicted molar refractivity (Wildman–Crippen MR) is 57.5 cm³/mol. The quantitative estimate of drug-likeness (QED) is 0.769. The van der Waals surface area contributed by atoms with Crippen molar-refractivity contribution >= 4 is 0 Å². The number of hydrogen-bond donors (Lipinski definition) is 1. The summed E-state index contributed by atoms with van der Waals surface area (Å²) in [4.78, 5) is 0. The molecule has 0 bridgehead atoms. The van der Waals surface area contributed by atoms with Gasteiger partial charge in [0.15, 0.2) is 0 Å².